The lowest BCUT2D eigenvalue weighted by Crippen LogP contribution is -2.43. The van der Waals surface area contributed by atoms with Crippen molar-refractivity contribution in [2.45, 2.75) is 51.3 Å². The minimum absolute atomic E-state index is 0.0211. The van der Waals surface area contributed by atoms with Crippen LogP contribution < -0.4 is 10.6 Å². The molecule has 27 heavy (non-hydrogen) atoms. The molecule has 3 heterocycles. The van der Waals surface area contributed by atoms with Crippen LogP contribution in [0.15, 0.2) is 30.3 Å². The highest BCUT2D eigenvalue weighted by molar-refractivity contribution is 5.94. The Morgan fingerprint density at radius 1 is 1.30 bits per heavy atom. The summed E-state index contributed by atoms with van der Waals surface area (Å²) in [6, 6.07) is 9.97. The van der Waals surface area contributed by atoms with Crippen molar-refractivity contribution in [2.24, 2.45) is 0 Å². The topological polar surface area (TPSA) is 68.2 Å². The van der Waals surface area contributed by atoms with Crippen molar-refractivity contribution in [1.82, 2.24) is 20.4 Å². The number of nitrogens with one attached hydrogen (secondary N) is 2. The van der Waals surface area contributed by atoms with Crippen LogP contribution in [-0.2, 0) is 11.3 Å². The number of aromatic nitrogens is 2. The summed E-state index contributed by atoms with van der Waals surface area (Å²) in [6.45, 7) is 7.38. The number of aryl methyl sites for hydroxylation is 2. The smallest absolute Gasteiger partial charge is 0.251 e. The van der Waals surface area contributed by atoms with Crippen molar-refractivity contribution in [1.29, 1.82) is 0 Å². The lowest BCUT2D eigenvalue weighted by molar-refractivity contribution is -0.0194. The zero-order chi connectivity index (χ0) is 18.9. The van der Waals surface area contributed by atoms with E-state index in [1.807, 2.05) is 35.9 Å². The summed E-state index contributed by atoms with van der Waals surface area (Å²) in [5, 5.41) is 11.0. The van der Waals surface area contributed by atoms with Crippen molar-refractivity contribution in [3.63, 3.8) is 0 Å². The standard InChI is InChI=1S/C21H28N4O2/c1-15-11-16(2)25(24-15)13-17-3-5-18(6-4-17)20(26)23-19-12-21(27-14-19)7-9-22-10-8-21/h3-6,11,19,22H,7-10,12-14H2,1-2H3,(H,23,26)/t19-/m1/s1. The summed E-state index contributed by atoms with van der Waals surface area (Å²) in [7, 11) is 0. The highest BCUT2D eigenvalue weighted by Gasteiger charge is 2.41. The van der Waals surface area contributed by atoms with E-state index in [4.69, 9.17) is 4.74 Å². The Bertz CT molecular complexity index is 806. The van der Waals surface area contributed by atoms with Gasteiger partial charge in [-0.15, -0.1) is 0 Å². The van der Waals surface area contributed by atoms with Gasteiger partial charge in [-0.2, -0.15) is 5.10 Å². The van der Waals surface area contributed by atoms with E-state index in [1.165, 1.54) is 0 Å². The fourth-order valence-electron chi connectivity index (χ4n) is 4.21. The van der Waals surface area contributed by atoms with Crippen molar-refractivity contribution in [3.05, 3.63) is 52.8 Å². The quantitative estimate of drug-likeness (QED) is 0.868. The molecule has 2 saturated heterocycles. The maximum Gasteiger partial charge on any atom is 0.251 e. The maximum atomic E-state index is 12.6. The number of carbonyl (C=O) groups excluding carboxylic acids is 1. The molecule has 0 saturated carbocycles. The van der Waals surface area contributed by atoms with Gasteiger partial charge in [0.2, 0.25) is 0 Å². The summed E-state index contributed by atoms with van der Waals surface area (Å²) in [5.41, 5.74) is 3.96. The van der Waals surface area contributed by atoms with Crippen molar-refractivity contribution >= 4 is 5.91 Å². The Balaban J connectivity index is 1.35. The summed E-state index contributed by atoms with van der Waals surface area (Å²) < 4.78 is 8.05. The van der Waals surface area contributed by atoms with Gasteiger partial charge in [-0.25, -0.2) is 0 Å². The molecule has 0 radical (unpaired) electrons. The lowest BCUT2D eigenvalue weighted by Gasteiger charge is -2.32. The van der Waals surface area contributed by atoms with E-state index < -0.39 is 0 Å². The molecule has 2 aromatic rings. The number of ether oxygens (including phenoxy) is 1. The molecule has 0 unspecified atom stereocenters. The third-order valence-electron chi connectivity index (χ3n) is 5.71. The normalized spacial score (nSPS) is 21.5. The van der Waals surface area contributed by atoms with Gasteiger partial charge in [0.05, 0.1) is 30.5 Å². The van der Waals surface area contributed by atoms with Gasteiger partial charge in [0.25, 0.3) is 5.91 Å². The maximum absolute atomic E-state index is 12.6. The van der Waals surface area contributed by atoms with Crippen LogP contribution in [0.4, 0.5) is 0 Å². The van der Waals surface area contributed by atoms with Gasteiger partial charge < -0.3 is 15.4 Å². The summed E-state index contributed by atoms with van der Waals surface area (Å²) in [5.74, 6) is -0.0211. The number of piperidine rings is 1. The van der Waals surface area contributed by atoms with Crippen LogP contribution >= 0.6 is 0 Å². The summed E-state index contributed by atoms with van der Waals surface area (Å²) in [4.78, 5) is 12.6. The van der Waals surface area contributed by atoms with Gasteiger partial charge in [0, 0.05) is 11.3 Å². The first-order chi connectivity index (χ1) is 13.0. The largest absolute Gasteiger partial charge is 0.373 e. The van der Waals surface area contributed by atoms with Crippen molar-refractivity contribution < 1.29 is 9.53 Å². The summed E-state index contributed by atoms with van der Waals surface area (Å²) in [6.07, 6.45) is 2.97. The molecule has 144 valence electrons. The minimum Gasteiger partial charge on any atom is -0.373 e. The highest BCUT2D eigenvalue weighted by atomic mass is 16.5. The highest BCUT2D eigenvalue weighted by Crippen LogP contribution is 2.34. The van der Waals surface area contributed by atoms with Crippen LogP contribution in [0.1, 0.15) is 46.6 Å². The van der Waals surface area contributed by atoms with Gasteiger partial charge in [0.15, 0.2) is 0 Å². The Morgan fingerprint density at radius 2 is 2.04 bits per heavy atom. The van der Waals surface area contributed by atoms with Crippen LogP contribution in [-0.4, -0.2) is 47.0 Å². The molecule has 4 rings (SSSR count). The molecule has 6 heteroatoms. The number of amides is 1. The molecule has 1 amide bonds. The van der Waals surface area contributed by atoms with Crippen LogP contribution in [0.5, 0.6) is 0 Å². The van der Waals surface area contributed by atoms with Crippen molar-refractivity contribution in [3.8, 4) is 0 Å². The Labute approximate surface area is 160 Å². The molecular formula is C21H28N4O2. The van der Waals surface area contributed by atoms with E-state index in [9.17, 15) is 4.79 Å². The second-order valence-corrected chi connectivity index (χ2v) is 7.90. The number of carbonyl (C=O) groups is 1. The van der Waals surface area contributed by atoms with Crippen LogP contribution in [0.2, 0.25) is 0 Å². The molecule has 1 atom stereocenters. The van der Waals surface area contributed by atoms with Crippen LogP contribution in [0.3, 0.4) is 0 Å². The third-order valence-corrected chi connectivity index (χ3v) is 5.71. The first kappa shape index (κ1) is 18.2. The van der Waals surface area contributed by atoms with E-state index >= 15 is 0 Å². The van der Waals surface area contributed by atoms with E-state index in [0.717, 1.165) is 49.3 Å². The average Bonchev–Trinajstić information content (AvgIpc) is 3.18. The number of hydrogen-bond acceptors (Lipinski definition) is 4. The molecule has 1 aromatic heterocycles. The molecule has 0 aliphatic carbocycles. The fourth-order valence-corrected chi connectivity index (χ4v) is 4.21. The lowest BCUT2D eigenvalue weighted by atomic mass is 9.88. The molecular weight excluding hydrogens is 340 g/mol. The Hall–Kier alpha value is -2.18. The zero-order valence-electron chi connectivity index (χ0n) is 16.1. The molecule has 2 N–H and O–H groups in total. The van der Waals surface area contributed by atoms with Gasteiger partial charge in [-0.1, -0.05) is 12.1 Å². The monoisotopic (exact) mass is 368 g/mol. The predicted molar refractivity (Wildman–Crippen MR) is 104 cm³/mol. The van der Waals surface area contributed by atoms with E-state index in [0.29, 0.717) is 18.7 Å². The predicted octanol–water partition coefficient (Wildman–Crippen LogP) is 2.19. The molecule has 0 bridgehead atoms. The van der Waals surface area contributed by atoms with E-state index in [-0.39, 0.29) is 17.6 Å². The molecule has 2 aliphatic heterocycles. The van der Waals surface area contributed by atoms with E-state index in [1.54, 1.807) is 0 Å². The van der Waals surface area contributed by atoms with Gasteiger partial charge in [-0.3, -0.25) is 9.48 Å². The van der Waals surface area contributed by atoms with Gasteiger partial charge in [-0.05, 0) is 70.0 Å². The summed E-state index contributed by atoms with van der Waals surface area (Å²) >= 11 is 0. The molecule has 1 aromatic carbocycles. The Morgan fingerprint density at radius 3 is 2.70 bits per heavy atom. The number of rotatable bonds is 4. The van der Waals surface area contributed by atoms with Gasteiger partial charge >= 0.3 is 0 Å². The number of benzene rings is 1. The van der Waals surface area contributed by atoms with E-state index in [2.05, 4.69) is 28.7 Å². The van der Waals surface area contributed by atoms with Crippen LogP contribution in [0, 0.1) is 13.8 Å². The Kier molecular flexibility index (Phi) is 5.02. The molecule has 2 fully saturated rings. The SMILES string of the molecule is Cc1cc(C)n(Cc2ccc(C(=O)N[C@H]3COC4(CCNCC4)C3)cc2)n1. The molecule has 1 spiro atoms. The average molecular weight is 368 g/mol. The second-order valence-electron chi connectivity index (χ2n) is 7.90. The minimum atomic E-state index is -0.0349. The number of nitrogens with zero attached hydrogens (tertiary/aromatic N) is 2. The first-order valence-corrected chi connectivity index (χ1v) is 9.79. The fraction of sp³-hybridized carbons (Fsp3) is 0.524. The molecule has 6 nitrogen and oxygen atoms in total. The number of hydrogen-bond donors (Lipinski definition) is 2. The van der Waals surface area contributed by atoms with Crippen molar-refractivity contribution in [2.75, 3.05) is 19.7 Å². The second kappa shape index (κ2) is 7.44. The van der Waals surface area contributed by atoms with Crippen LogP contribution in [0.25, 0.3) is 0 Å². The third kappa shape index (κ3) is 4.06. The van der Waals surface area contributed by atoms with Gasteiger partial charge in [0.1, 0.15) is 0 Å². The molecule has 2 aliphatic rings. The zero-order valence-corrected chi connectivity index (χ0v) is 16.1. The first-order valence-electron chi connectivity index (χ1n) is 9.79.